The Morgan fingerprint density at radius 1 is 1.29 bits per heavy atom. The molecule has 0 aliphatic rings. The van der Waals surface area contributed by atoms with E-state index in [0.717, 1.165) is 19.1 Å². The molecule has 0 saturated heterocycles. The van der Waals surface area contributed by atoms with Crippen LogP contribution < -0.4 is 5.73 Å². The number of phenols is 2. The standard InChI is InChI=1S/C9H11F2NO2/c1-9(12,8(10)11)5-2-3-6(13)7(14)4-5/h2-4,8,13-14H,12H2,1H3. The fraction of sp³-hybridized carbons (Fsp3) is 0.333. The SMILES string of the molecule is CC(N)(c1ccc(O)c(O)c1)C(F)F. The van der Waals surface area contributed by atoms with Crippen molar-refractivity contribution in [3.05, 3.63) is 23.8 Å². The molecule has 0 saturated carbocycles. The van der Waals surface area contributed by atoms with Crippen LogP contribution in [-0.4, -0.2) is 16.6 Å². The summed E-state index contributed by atoms with van der Waals surface area (Å²) in [7, 11) is 0. The minimum atomic E-state index is -2.74. The lowest BCUT2D eigenvalue weighted by molar-refractivity contribution is 0.0624. The highest BCUT2D eigenvalue weighted by atomic mass is 19.3. The van der Waals surface area contributed by atoms with Crippen molar-refractivity contribution < 1.29 is 19.0 Å². The molecule has 1 aromatic rings. The average Bonchev–Trinajstić information content (AvgIpc) is 2.09. The summed E-state index contributed by atoms with van der Waals surface area (Å²) in [4.78, 5) is 0. The maximum absolute atomic E-state index is 12.5. The fourth-order valence-corrected chi connectivity index (χ4v) is 0.984. The normalized spacial score (nSPS) is 15.5. The number of phenolic OH excluding ortho intramolecular Hbond substituents is 2. The summed E-state index contributed by atoms with van der Waals surface area (Å²) in [5, 5.41) is 18.1. The molecule has 0 aliphatic heterocycles. The lowest BCUT2D eigenvalue weighted by Gasteiger charge is -2.24. The Labute approximate surface area is 79.8 Å². The quantitative estimate of drug-likeness (QED) is 0.638. The van der Waals surface area contributed by atoms with Crippen LogP contribution in [-0.2, 0) is 5.54 Å². The lowest BCUT2D eigenvalue weighted by atomic mass is 9.93. The summed E-state index contributed by atoms with van der Waals surface area (Å²) < 4.78 is 24.9. The fourth-order valence-electron chi connectivity index (χ4n) is 0.984. The number of rotatable bonds is 2. The molecule has 0 radical (unpaired) electrons. The van der Waals surface area contributed by atoms with Crippen molar-refractivity contribution in [1.29, 1.82) is 0 Å². The maximum atomic E-state index is 12.5. The first-order chi connectivity index (χ1) is 6.35. The molecule has 0 heterocycles. The van der Waals surface area contributed by atoms with Gasteiger partial charge in [0.15, 0.2) is 11.5 Å². The predicted molar refractivity (Wildman–Crippen MR) is 47.3 cm³/mol. The summed E-state index contributed by atoms with van der Waals surface area (Å²) in [6.07, 6.45) is -2.74. The van der Waals surface area contributed by atoms with Crippen LogP contribution in [0.25, 0.3) is 0 Å². The van der Waals surface area contributed by atoms with E-state index in [1.54, 1.807) is 0 Å². The molecule has 0 aliphatic carbocycles. The van der Waals surface area contributed by atoms with Crippen molar-refractivity contribution >= 4 is 0 Å². The van der Waals surface area contributed by atoms with Crippen LogP contribution in [0.5, 0.6) is 11.5 Å². The Hall–Kier alpha value is -1.36. The molecule has 0 aromatic heterocycles. The van der Waals surface area contributed by atoms with E-state index in [1.807, 2.05) is 0 Å². The van der Waals surface area contributed by atoms with E-state index in [1.165, 1.54) is 6.07 Å². The lowest BCUT2D eigenvalue weighted by Crippen LogP contribution is -2.40. The Kier molecular flexibility index (Phi) is 2.62. The minimum Gasteiger partial charge on any atom is -0.504 e. The molecule has 0 spiro atoms. The van der Waals surface area contributed by atoms with Gasteiger partial charge in [-0.3, -0.25) is 0 Å². The Morgan fingerprint density at radius 2 is 1.86 bits per heavy atom. The van der Waals surface area contributed by atoms with E-state index >= 15 is 0 Å². The van der Waals surface area contributed by atoms with Gasteiger partial charge in [-0.2, -0.15) is 0 Å². The highest BCUT2D eigenvalue weighted by Crippen LogP contribution is 2.32. The minimum absolute atomic E-state index is 0.0720. The number of alkyl halides is 2. The molecular formula is C9H11F2NO2. The van der Waals surface area contributed by atoms with E-state index < -0.39 is 17.7 Å². The molecule has 1 atom stereocenters. The van der Waals surface area contributed by atoms with Gasteiger partial charge in [0.2, 0.25) is 0 Å². The third-order valence-electron chi connectivity index (χ3n) is 2.05. The third-order valence-corrected chi connectivity index (χ3v) is 2.05. The Bertz CT molecular complexity index is 340. The van der Waals surface area contributed by atoms with Gasteiger partial charge >= 0.3 is 0 Å². The number of hydrogen-bond donors (Lipinski definition) is 3. The highest BCUT2D eigenvalue weighted by molar-refractivity contribution is 5.42. The van der Waals surface area contributed by atoms with Crippen LogP contribution in [0.4, 0.5) is 8.78 Å². The second kappa shape index (κ2) is 3.42. The zero-order chi connectivity index (χ0) is 10.9. The molecule has 3 nitrogen and oxygen atoms in total. The van der Waals surface area contributed by atoms with Crippen molar-refractivity contribution in [2.45, 2.75) is 18.9 Å². The van der Waals surface area contributed by atoms with Gasteiger partial charge in [0, 0.05) is 0 Å². The second-order valence-corrected chi connectivity index (χ2v) is 3.29. The van der Waals surface area contributed by atoms with Crippen LogP contribution >= 0.6 is 0 Å². The van der Waals surface area contributed by atoms with Crippen LogP contribution in [0.1, 0.15) is 12.5 Å². The second-order valence-electron chi connectivity index (χ2n) is 3.29. The van der Waals surface area contributed by atoms with E-state index in [2.05, 4.69) is 0 Å². The first kappa shape index (κ1) is 10.7. The molecular weight excluding hydrogens is 192 g/mol. The molecule has 0 amide bonds. The van der Waals surface area contributed by atoms with Gasteiger partial charge in [0.05, 0.1) is 5.54 Å². The molecule has 4 N–H and O–H groups in total. The van der Waals surface area contributed by atoms with Gasteiger partial charge in [-0.25, -0.2) is 8.78 Å². The van der Waals surface area contributed by atoms with Gasteiger partial charge in [-0.15, -0.1) is 0 Å². The Balaban J connectivity index is 3.14. The number of aromatic hydroxyl groups is 2. The smallest absolute Gasteiger partial charge is 0.260 e. The monoisotopic (exact) mass is 203 g/mol. The number of nitrogens with two attached hydrogens (primary N) is 1. The zero-order valence-electron chi connectivity index (χ0n) is 7.54. The molecule has 1 rings (SSSR count). The number of halogens is 2. The van der Waals surface area contributed by atoms with Crippen molar-refractivity contribution in [2.75, 3.05) is 0 Å². The van der Waals surface area contributed by atoms with Crippen molar-refractivity contribution in [3.8, 4) is 11.5 Å². The van der Waals surface area contributed by atoms with Gasteiger partial charge in [-0.1, -0.05) is 6.07 Å². The predicted octanol–water partition coefficient (Wildman–Crippen LogP) is 1.54. The first-order valence-corrected chi connectivity index (χ1v) is 3.95. The van der Waals surface area contributed by atoms with Crippen LogP contribution in [0.15, 0.2) is 18.2 Å². The van der Waals surface area contributed by atoms with Crippen molar-refractivity contribution in [2.24, 2.45) is 5.73 Å². The van der Waals surface area contributed by atoms with E-state index in [0.29, 0.717) is 0 Å². The molecule has 78 valence electrons. The average molecular weight is 203 g/mol. The van der Waals surface area contributed by atoms with E-state index in [4.69, 9.17) is 15.9 Å². The van der Waals surface area contributed by atoms with Crippen molar-refractivity contribution in [1.82, 2.24) is 0 Å². The van der Waals surface area contributed by atoms with E-state index in [9.17, 15) is 8.78 Å². The maximum Gasteiger partial charge on any atom is 0.260 e. The molecule has 5 heteroatoms. The van der Waals surface area contributed by atoms with Gasteiger partial charge < -0.3 is 15.9 Å². The first-order valence-electron chi connectivity index (χ1n) is 3.95. The third kappa shape index (κ3) is 1.77. The molecule has 14 heavy (non-hydrogen) atoms. The van der Waals surface area contributed by atoms with Crippen LogP contribution in [0.3, 0.4) is 0 Å². The van der Waals surface area contributed by atoms with Crippen LogP contribution in [0.2, 0.25) is 0 Å². The summed E-state index contributed by atoms with van der Waals surface area (Å²) in [6.45, 7) is 1.16. The Morgan fingerprint density at radius 3 is 2.29 bits per heavy atom. The summed E-state index contributed by atoms with van der Waals surface area (Å²) in [5.74, 6) is -0.821. The largest absolute Gasteiger partial charge is 0.504 e. The van der Waals surface area contributed by atoms with Gasteiger partial charge in [0.25, 0.3) is 6.43 Å². The summed E-state index contributed by atoms with van der Waals surface area (Å²) >= 11 is 0. The van der Waals surface area contributed by atoms with Gasteiger partial charge in [0.1, 0.15) is 0 Å². The molecule has 0 bridgehead atoms. The van der Waals surface area contributed by atoms with Gasteiger partial charge in [-0.05, 0) is 24.6 Å². The summed E-state index contributed by atoms with van der Waals surface area (Å²) in [6, 6.07) is 3.40. The summed E-state index contributed by atoms with van der Waals surface area (Å²) in [5.41, 5.74) is 3.60. The molecule has 1 aromatic carbocycles. The number of hydrogen-bond acceptors (Lipinski definition) is 3. The zero-order valence-corrected chi connectivity index (χ0v) is 7.54. The molecule has 0 fully saturated rings. The van der Waals surface area contributed by atoms with Crippen molar-refractivity contribution in [3.63, 3.8) is 0 Å². The van der Waals surface area contributed by atoms with Crippen LogP contribution in [0, 0.1) is 0 Å². The van der Waals surface area contributed by atoms with E-state index in [-0.39, 0.29) is 11.3 Å². The topological polar surface area (TPSA) is 66.5 Å². The highest BCUT2D eigenvalue weighted by Gasteiger charge is 2.32. The number of benzene rings is 1. The molecule has 1 unspecified atom stereocenters.